The van der Waals surface area contributed by atoms with Gasteiger partial charge in [0.25, 0.3) is 0 Å². The number of hydrogen-bond acceptors (Lipinski definition) is 3. The zero-order valence-electron chi connectivity index (χ0n) is 12.0. The monoisotopic (exact) mass is 264 g/mol. The lowest BCUT2D eigenvalue weighted by molar-refractivity contribution is -0.116. The molecule has 0 aliphatic rings. The van der Waals surface area contributed by atoms with Crippen molar-refractivity contribution in [3.63, 3.8) is 0 Å². The topological polar surface area (TPSA) is 64.4 Å². The number of anilines is 1. The normalized spacial score (nSPS) is 12.3. The first kappa shape index (κ1) is 15.5. The van der Waals surface area contributed by atoms with E-state index in [1.807, 2.05) is 45.0 Å². The van der Waals surface area contributed by atoms with E-state index in [1.165, 1.54) is 0 Å². The molecule has 106 valence electrons. The lowest BCUT2D eigenvalue weighted by Crippen LogP contribution is -2.17. The molecule has 0 saturated carbocycles. The van der Waals surface area contributed by atoms with Crippen molar-refractivity contribution in [2.75, 3.05) is 5.32 Å². The number of carbonyl (C=O) groups excluding carboxylic acids is 1. The molecule has 1 amide bonds. The van der Waals surface area contributed by atoms with Gasteiger partial charge in [-0.05, 0) is 45.7 Å². The molecule has 1 rings (SSSR count). The number of hydrogen-bond donors (Lipinski definition) is 2. The second-order valence-electron chi connectivity index (χ2n) is 5.08. The number of amides is 1. The van der Waals surface area contributed by atoms with E-state index in [9.17, 15) is 4.79 Å². The lowest BCUT2D eigenvalue weighted by atomic mass is 10.1. The van der Waals surface area contributed by atoms with Crippen LogP contribution in [-0.2, 0) is 4.79 Å². The highest BCUT2D eigenvalue weighted by Gasteiger charge is 2.08. The van der Waals surface area contributed by atoms with E-state index in [4.69, 9.17) is 10.5 Å². The highest BCUT2D eigenvalue weighted by Crippen LogP contribution is 2.25. The third-order valence-electron chi connectivity index (χ3n) is 2.59. The average molecular weight is 264 g/mol. The number of carbonyl (C=O) groups is 1. The molecule has 0 radical (unpaired) electrons. The van der Waals surface area contributed by atoms with Crippen LogP contribution in [0.1, 0.15) is 40.0 Å². The van der Waals surface area contributed by atoms with Crippen LogP contribution < -0.4 is 15.8 Å². The minimum atomic E-state index is 0.000422. The summed E-state index contributed by atoms with van der Waals surface area (Å²) >= 11 is 0. The highest BCUT2D eigenvalue weighted by molar-refractivity contribution is 5.92. The summed E-state index contributed by atoms with van der Waals surface area (Å²) in [5.74, 6) is 0.707. The van der Waals surface area contributed by atoms with Crippen LogP contribution >= 0.6 is 0 Å². The Kier molecular flexibility index (Phi) is 6.36. The Balaban J connectivity index is 2.53. The minimum absolute atomic E-state index is 0.000422. The summed E-state index contributed by atoms with van der Waals surface area (Å²) in [6.45, 7) is 5.87. The van der Waals surface area contributed by atoms with Gasteiger partial charge in [0.2, 0.25) is 5.91 Å². The van der Waals surface area contributed by atoms with E-state index in [2.05, 4.69) is 5.32 Å². The predicted octanol–water partition coefficient (Wildman–Crippen LogP) is 2.93. The molecular formula is C15H24N2O2. The lowest BCUT2D eigenvalue weighted by Gasteiger charge is -2.14. The summed E-state index contributed by atoms with van der Waals surface area (Å²) in [5, 5.41) is 2.88. The first-order valence-corrected chi connectivity index (χ1v) is 6.80. The summed E-state index contributed by atoms with van der Waals surface area (Å²) < 4.78 is 5.65. The fourth-order valence-electron chi connectivity index (χ4n) is 1.72. The van der Waals surface area contributed by atoms with Crippen molar-refractivity contribution in [2.45, 2.75) is 52.2 Å². The molecular weight excluding hydrogens is 240 g/mol. The Morgan fingerprint density at radius 3 is 2.63 bits per heavy atom. The van der Waals surface area contributed by atoms with Gasteiger partial charge in [-0.3, -0.25) is 4.79 Å². The molecule has 1 aromatic rings. The van der Waals surface area contributed by atoms with Crippen LogP contribution in [0.15, 0.2) is 24.3 Å². The zero-order chi connectivity index (χ0) is 14.3. The third kappa shape index (κ3) is 6.25. The quantitative estimate of drug-likeness (QED) is 0.796. The number of nitrogens with one attached hydrogen (secondary N) is 1. The summed E-state index contributed by atoms with van der Waals surface area (Å²) in [4.78, 5) is 11.8. The molecule has 0 aromatic heterocycles. The zero-order valence-corrected chi connectivity index (χ0v) is 12.0. The van der Waals surface area contributed by atoms with Crippen LogP contribution in [0.5, 0.6) is 5.75 Å². The second kappa shape index (κ2) is 7.79. The minimum Gasteiger partial charge on any atom is -0.489 e. The van der Waals surface area contributed by atoms with Crippen molar-refractivity contribution < 1.29 is 9.53 Å². The van der Waals surface area contributed by atoms with Crippen molar-refractivity contribution in [1.82, 2.24) is 0 Å². The fourth-order valence-corrected chi connectivity index (χ4v) is 1.72. The Morgan fingerprint density at radius 2 is 2.00 bits per heavy atom. The SMILES string of the molecule is CC(N)CCCC(=O)Nc1ccccc1OC(C)C. The summed E-state index contributed by atoms with van der Waals surface area (Å²) in [7, 11) is 0. The Bertz CT molecular complexity index is 403. The first-order chi connectivity index (χ1) is 8.99. The van der Waals surface area contributed by atoms with Gasteiger partial charge in [0.05, 0.1) is 11.8 Å². The molecule has 19 heavy (non-hydrogen) atoms. The maximum Gasteiger partial charge on any atom is 0.224 e. The summed E-state index contributed by atoms with van der Waals surface area (Å²) in [6.07, 6.45) is 2.22. The van der Waals surface area contributed by atoms with Gasteiger partial charge in [-0.1, -0.05) is 12.1 Å². The van der Waals surface area contributed by atoms with Crippen molar-refractivity contribution in [2.24, 2.45) is 5.73 Å². The van der Waals surface area contributed by atoms with Crippen LogP contribution in [0.3, 0.4) is 0 Å². The highest BCUT2D eigenvalue weighted by atomic mass is 16.5. The number of benzene rings is 1. The Labute approximate surface area is 115 Å². The van der Waals surface area contributed by atoms with Gasteiger partial charge in [-0.25, -0.2) is 0 Å². The van der Waals surface area contributed by atoms with E-state index < -0.39 is 0 Å². The molecule has 4 heteroatoms. The largest absolute Gasteiger partial charge is 0.489 e. The Hall–Kier alpha value is -1.55. The smallest absolute Gasteiger partial charge is 0.224 e. The van der Waals surface area contributed by atoms with Crippen LogP contribution in [0, 0.1) is 0 Å². The van der Waals surface area contributed by atoms with E-state index >= 15 is 0 Å². The second-order valence-corrected chi connectivity index (χ2v) is 5.08. The van der Waals surface area contributed by atoms with Crippen LogP contribution in [0.4, 0.5) is 5.69 Å². The molecule has 0 aliphatic carbocycles. The molecule has 0 saturated heterocycles. The van der Waals surface area contributed by atoms with E-state index in [0.717, 1.165) is 18.5 Å². The van der Waals surface area contributed by atoms with Gasteiger partial charge >= 0.3 is 0 Å². The molecule has 1 atom stereocenters. The molecule has 4 nitrogen and oxygen atoms in total. The molecule has 1 aromatic carbocycles. The van der Waals surface area contributed by atoms with E-state index in [0.29, 0.717) is 12.2 Å². The molecule has 3 N–H and O–H groups in total. The van der Waals surface area contributed by atoms with Crippen molar-refractivity contribution in [3.05, 3.63) is 24.3 Å². The van der Waals surface area contributed by atoms with Gasteiger partial charge in [0.1, 0.15) is 5.75 Å². The number of rotatable bonds is 7. The standard InChI is InChI=1S/C15H24N2O2/c1-11(2)19-14-9-5-4-8-13(14)17-15(18)10-6-7-12(3)16/h4-5,8-9,11-12H,6-7,10,16H2,1-3H3,(H,17,18). The number of para-hydroxylation sites is 2. The van der Waals surface area contributed by atoms with Crippen molar-refractivity contribution >= 4 is 11.6 Å². The molecule has 1 unspecified atom stereocenters. The molecule has 0 aliphatic heterocycles. The van der Waals surface area contributed by atoms with E-state index in [1.54, 1.807) is 0 Å². The molecule has 0 fully saturated rings. The first-order valence-electron chi connectivity index (χ1n) is 6.80. The predicted molar refractivity (Wildman–Crippen MR) is 78.3 cm³/mol. The van der Waals surface area contributed by atoms with Crippen molar-refractivity contribution in [1.29, 1.82) is 0 Å². The van der Waals surface area contributed by atoms with E-state index in [-0.39, 0.29) is 18.1 Å². The molecule has 0 bridgehead atoms. The van der Waals surface area contributed by atoms with Gasteiger partial charge in [0.15, 0.2) is 0 Å². The van der Waals surface area contributed by atoms with Crippen molar-refractivity contribution in [3.8, 4) is 5.75 Å². The maximum absolute atomic E-state index is 11.8. The van der Waals surface area contributed by atoms with Crippen LogP contribution in [0.2, 0.25) is 0 Å². The van der Waals surface area contributed by atoms with Gasteiger partial charge < -0.3 is 15.8 Å². The molecule has 0 heterocycles. The van der Waals surface area contributed by atoms with Gasteiger partial charge in [0, 0.05) is 12.5 Å². The Morgan fingerprint density at radius 1 is 1.32 bits per heavy atom. The van der Waals surface area contributed by atoms with Gasteiger partial charge in [-0.15, -0.1) is 0 Å². The number of ether oxygens (including phenoxy) is 1. The third-order valence-corrected chi connectivity index (χ3v) is 2.59. The summed E-state index contributed by atoms with van der Waals surface area (Å²) in [5.41, 5.74) is 6.38. The fraction of sp³-hybridized carbons (Fsp3) is 0.533. The van der Waals surface area contributed by atoms with Crippen LogP contribution in [-0.4, -0.2) is 18.1 Å². The van der Waals surface area contributed by atoms with Crippen LogP contribution in [0.25, 0.3) is 0 Å². The molecule has 0 spiro atoms. The average Bonchev–Trinajstić information content (AvgIpc) is 2.30. The summed E-state index contributed by atoms with van der Waals surface area (Å²) in [6, 6.07) is 7.62. The maximum atomic E-state index is 11.8. The number of nitrogens with two attached hydrogens (primary N) is 1. The van der Waals surface area contributed by atoms with Gasteiger partial charge in [-0.2, -0.15) is 0 Å².